The highest BCUT2D eigenvalue weighted by Gasteiger charge is 2.23. The Balaban J connectivity index is 1.98. The molecule has 0 saturated heterocycles. The number of rotatable bonds is 6. The minimum Gasteiger partial charge on any atom is -0.493 e. The number of anilines is 1. The molecule has 0 spiro atoms. The Hall–Kier alpha value is -2.37. The molecular weight excluding hydrogens is 484 g/mol. The third-order valence-electron chi connectivity index (χ3n) is 4.02. The number of hydrogen-bond donors (Lipinski definition) is 1. The maximum atomic E-state index is 12.9. The minimum atomic E-state index is -3.33. The van der Waals surface area contributed by atoms with Gasteiger partial charge in [-0.25, -0.2) is 13.4 Å². The Labute approximate surface area is 179 Å². The number of fused-ring (bicyclic) bond motifs is 1. The van der Waals surface area contributed by atoms with E-state index in [0.717, 1.165) is 6.26 Å². The van der Waals surface area contributed by atoms with Gasteiger partial charge in [-0.2, -0.15) is 0 Å². The third kappa shape index (κ3) is 4.16. The van der Waals surface area contributed by atoms with E-state index < -0.39 is 15.7 Å². The number of halogens is 1. The van der Waals surface area contributed by atoms with E-state index in [-0.39, 0.29) is 10.5 Å². The fourth-order valence-electron chi connectivity index (χ4n) is 2.64. The first kappa shape index (κ1) is 21.3. The van der Waals surface area contributed by atoms with Gasteiger partial charge in [0, 0.05) is 6.26 Å². The molecule has 1 heterocycles. The average molecular weight is 501 g/mol. The molecule has 0 fully saturated rings. The number of carbonyl (C=O) groups excluding carboxylic acids is 1. The lowest BCUT2D eigenvalue weighted by Gasteiger charge is -2.16. The molecule has 1 aromatic heterocycles. The predicted octanol–water partition coefficient (Wildman–Crippen LogP) is 3.74. The van der Waals surface area contributed by atoms with Gasteiger partial charge >= 0.3 is 0 Å². The van der Waals surface area contributed by atoms with Crippen LogP contribution >= 0.6 is 27.3 Å². The molecule has 0 atom stereocenters. The highest BCUT2D eigenvalue weighted by molar-refractivity contribution is 9.10. The topological polar surface area (TPSA) is 104 Å². The highest BCUT2D eigenvalue weighted by atomic mass is 79.9. The van der Waals surface area contributed by atoms with E-state index in [1.165, 1.54) is 50.9 Å². The van der Waals surface area contributed by atoms with Crippen molar-refractivity contribution >= 4 is 58.4 Å². The average Bonchev–Trinajstić information content (AvgIpc) is 3.07. The number of nitrogens with one attached hydrogen (secondary N) is 1. The maximum absolute atomic E-state index is 12.9. The summed E-state index contributed by atoms with van der Waals surface area (Å²) >= 11 is 4.55. The second-order valence-corrected chi connectivity index (χ2v) is 9.72. The lowest BCUT2D eigenvalue weighted by atomic mass is 10.1. The zero-order valence-electron chi connectivity index (χ0n) is 15.9. The van der Waals surface area contributed by atoms with Gasteiger partial charge in [0.05, 0.1) is 46.5 Å². The molecule has 0 aliphatic heterocycles. The summed E-state index contributed by atoms with van der Waals surface area (Å²) in [7, 11) is 1.05. The van der Waals surface area contributed by atoms with Crippen LogP contribution in [-0.2, 0) is 9.84 Å². The number of thiazole rings is 1. The van der Waals surface area contributed by atoms with Crippen molar-refractivity contribution in [3.63, 3.8) is 0 Å². The van der Waals surface area contributed by atoms with Crippen LogP contribution < -0.4 is 19.5 Å². The molecule has 0 saturated carbocycles. The summed E-state index contributed by atoms with van der Waals surface area (Å²) in [5.74, 6) is 0.559. The number of carbonyl (C=O) groups is 1. The van der Waals surface area contributed by atoms with Crippen molar-refractivity contribution in [2.75, 3.05) is 32.9 Å². The molecule has 3 aromatic rings. The fourth-order valence-corrected chi connectivity index (χ4v) is 4.90. The number of nitrogens with zero attached hydrogens (tertiary/aromatic N) is 1. The summed E-state index contributed by atoms with van der Waals surface area (Å²) in [6.07, 6.45) is 1.14. The summed E-state index contributed by atoms with van der Waals surface area (Å²) in [5.41, 5.74) is 0.845. The molecule has 8 nitrogen and oxygen atoms in total. The molecule has 0 aliphatic rings. The molecule has 3 rings (SSSR count). The van der Waals surface area contributed by atoms with Crippen LogP contribution in [0, 0.1) is 0 Å². The van der Waals surface area contributed by atoms with Gasteiger partial charge in [-0.05, 0) is 40.2 Å². The first-order valence-electron chi connectivity index (χ1n) is 8.10. The van der Waals surface area contributed by atoms with Gasteiger partial charge in [0.25, 0.3) is 5.91 Å². The number of aromatic nitrogens is 1. The molecule has 2 aromatic carbocycles. The van der Waals surface area contributed by atoms with Gasteiger partial charge in [-0.1, -0.05) is 11.3 Å². The van der Waals surface area contributed by atoms with Crippen LogP contribution in [0.2, 0.25) is 0 Å². The minimum absolute atomic E-state index is 0.193. The fraction of sp³-hybridized carbons (Fsp3) is 0.222. The summed E-state index contributed by atoms with van der Waals surface area (Å²) in [4.78, 5) is 17.4. The number of sulfone groups is 1. The largest absolute Gasteiger partial charge is 0.493 e. The zero-order chi connectivity index (χ0) is 21.3. The van der Waals surface area contributed by atoms with Crippen LogP contribution in [-0.4, -0.2) is 46.9 Å². The Bertz CT molecular complexity index is 1210. The van der Waals surface area contributed by atoms with E-state index in [2.05, 4.69) is 26.2 Å². The van der Waals surface area contributed by atoms with Gasteiger partial charge in [0.1, 0.15) is 0 Å². The van der Waals surface area contributed by atoms with E-state index in [1.807, 2.05) is 0 Å². The summed E-state index contributed by atoms with van der Waals surface area (Å²) in [6.45, 7) is 0. The predicted molar refractivity (Wildman–Crippen MR) is 114 cm³/mol. The molecule has 0 radical (unpaired) electrons. The number of hydrogen-bond acceptors (Lipinski definition) is 8. The molecule has 0 aliphatic carbocycles. The Kier molecular flexibility index (Phi) is 6.01. The van der Waals surface area contributed by atoms with Crippen molar-refractivity contribution in [1.29, 1.82) is 0 Å². The van der Waals surface area contributed by atoms with Gasteiger partial charge < -0.3 is 14.2 Å². The zero-order valence-corrected chi connectivity index (χ0v) is 19.1. The van der Waals surface area contributed by atoms with Gasteiger partial charge in [0.2, 0.25) is 5.75 Å². The standard InChI is InChI=1S/C18H17BrN2O6S2/c1-25-12-8-10(14(19)16(27-3)15(12)26-2)17(22)21-18-20-11-6-5-9(29(4,23)24)7-13(11)28-18/h5-8H,1-4H3,(H,20,21,22). The number of ether oxygens (including phenoxy) is 3. The van der Waals surface area contributed by atoms with Crippen molar-refractivity contribution in [1.82, 2.24) is 4.98 Å². The molecule has 11 heteroatoms. The number of benzene rings is 2. The van der Waals surface area contributed by atoms with E-state index in [1.54, 1.807) is 6.07 Å². The van der Waals surface area contributed by atoms with Crippen LogP contribution in [0.1, 0.15) is 10.4 Å². The first-order valence-corrected chi connectivity index (χ1v) is 11.6. The molecule has 0 unspecified atom stereocenters. The SMILES string of the molecule is COc1cc(C(=O)Nc2nc3ccc(S(C)(=O)=O)cc3s2)c(Br)c(OC)c1OC. The van der Waals surface area contributed by atoms with Crippen LogP contribution in [0.25, 0.3) is 10.2 Å². The monoisotopic (exact) mass is 500 g/mol. The van der Waals surface area contributed by atoms with Crippen LogP contribution in [0.4, 0.5) is 5.13 Å². The third-order valence-corrected chi connectivity index (χ3v) is 6.85. The van der Waals surface area contributed by atoms with Crippen LogP contribution in [0.5, 0.6) is 17.2 Å². The quantitative estimate of drug-likeness (QED) is 0.549. The summed E-state index contributed by atoms with van der Waals surface area (Å²) in [6, 6.07) is 6.15. The summed E-state index contributed by atoms with van der Waals surface area (Å²) < 4.78 is 40.4. The van der Waals surface area contributed by atoms with Crippen LogP contribution in [0.3, 0.4) is 0 Å². The first-order chi connectivity index (χ1) is 13.7. The van der Waals surface area contributed by atoms with Crippen molar-refractivity contribution in [2.45, 2.75) is 4.90 Å². The molecular formula is C18H17BrN2O6S2. The normalized spacial score (nSPS) is 11.3. The van der Waals surface area contributed by atoms with Crippen molar-refractivity contribution < 1.29 is 27.4 Å². The lowest BCUT2D eigenvalue weighted by Crippen LogP contribution is -2.13. The second-order valence-electron chi connectivity index (χ2n) is 5.88. The van der Waals surface area contributed by atoms with E-state index in [0.29, 0.717) is 37.1 Å². The number of amides is 1. The Morgan fingerprint density at radius 3 is 2.38 bits per heavy atom. The Morgan fingerprint density at radius 1 is 1.10 bits per heavy atom. The van der Waals surface area contributed by atoms with Gasteiger partial charge in [0.15, 0.2) is 26.5 Å². The maximum Gasteiger partial charge on any atom is 0.258 e. The van der Waals surface area contributed by atoms with Crippen molar-refractivity contribution in [3.05, 3.63) is 34.3 Å². The Morgan fingerprint density at radius 2 is 1.79 bits per heavy atom. The molecule has 0 bridgehead atoms. The number of methoxy groups -OCH3 is 3. The molecule has 1 amide bonds. The van der Waals surface area contributed by atoms with Crippen molar-refractivity contribution in [2.24, 2.45) is 0 Å². The highest BCUT2D eigenvalue weighted by Crippen LogP contribution is 2.45. The van der Waals surface area contributed by atoms with Gasteiger partial charge in [-0.3, -0.25) is 10.1 Å². The van der Waals surface area contributed by atoms with Crippen molar-refractivity contribution in [3.8, 4) is 17.2 Å². The lowest BCUT2D eigenvalue weighted by molar-refractivity contribution is 0.102. The van der Waals surface area contributed by atoms with E-state index >= 15 is 0 Å². The second kappa shape index (κ2) is 8.17. The smallest absolute Gasteiger partial charge is 0.258 e. The van der Waals surface area contributed by atoms with E-state index in [4.69, 9.17) is 14.2 Å². The molecule has 29 heavy (non-hydrogen) atoms. The molecule has 154 valence electrons. The van der Waals surface area contributed by atoms with E-state index in [9.17, 15) is 13.2 Å². The summed E-state index contributed by atoms with van der Waals surface area (Å²) in [5, 5.41) is 3.05. The van der Waals surface area contributed by atoms with Crippen LogP contribution in [0.15, 0.2) is 33.6 Å². The molecule has 1 N–H and O–H groups in total. The van der Waals surface area contributed by atoms with Gasteiger partial charge in [-0.15, -0.1) is 0 Å².